The van der Waals surface area contributed by atoms with Gasteiger partial charge in [-0.05, 0) is 27.1 Å². The first-order valence-corrected chi connectivity index (χ1v) is 7.25. The van der Waals surface area contributed by atoms with Crippen molar-refractivity contribution in [3.63, 3.8) is 0 Å². The molecule has 0 aromatic rings. The van der Waals surface area contributed by atoms with Gasteiger partial charge in [0.1, 0.15) is 0 Å². The van der Waals surface area contributed by atoms with Crippen LogP contribution in [0, 0.1) is 10.8 Å². The minimum Gasteiger partial charge on any atom is -0.387 e. The summed E-state index contributed by atoms with van der Waals surface area (Å²) in [5.74, 6) is 0.303. The van der Waals surface area contributed by atoms with Gasteiger partial charge in [0, 0.05) is 44.7 Å². The molecule has 1 aliphatic heterocycles. The molecule has 3 N–H and O–H groups in total. The summed E-state index contributed by atoms with van der Waals surface area (Å²) < 4.78 is 0. The van der Waals surface area contributed by atoms with Gasteiger partial charge in [0.25, 0.3) is 0 Å². The molecular formula is C14H31N5. The molecule has 0 saturated carbocycles. The molecule has 0 radical (unpaired) electrons. The van der Waals surface area contributed by atoms with Crippen molar-refractivity contribution >= 4 is 5.84 Å². The van der Waals surface area contributed by atoms with Crippen LogP contribution in [0.25, 0.3) is 0 Å². The van der Waals surface area contributed by atoms with Crippen molar-refractivity contribution in [2.45, 2.75) is 20.3 Å². The van der Waals surface area contributed by atoms with Gasteiger partial charge in [-0.25, -0.2) is 0 Å². The molecule has 1 saturated heterocycles. The average Bonchev–Trinajstić information content (AvgIpc) is 2.35. The van der Waals surface area contributed by atoms with Crippen LogP contribution in [0.2, 0.25) is 0 Å². The van der Waals surface area contributed by atoms with Gasteiger partial charge in [-0.2, -0.15) is 0 Å². The van der Waals surface area contributed by atoms with Gasteiger partial charge in [0.15, 0.2) is 0 Å². The quantitative estimate of drug-likeness (QED) is 0.522. The van der Waals surface area contributed by atoms with E-state index >= 15 is 0 Å². The Bertz CT molecular complexity index is 280. The van der Waals surface area contributed by atoms with Crippen molar-refractivity contribution in [1.82, 2.24) is 14.7 Å². The standard InChI is InChI=1S/C14H31N5/c1-14(2,13(15)16)5-6-18-9-11-19(12-10-18)8-7-17(3)4/h5-12H2,1-4H3,(H3,15,16). The summed E-state index contributed by atoms with van der Waals surface area (Å²) in [4.78, 5) is 7.27. The number of rotatable bonds is 7. The van der Waals surface area contributed by atoms with E-state index in [0.29, 0.717) is 5.84 Å². The van der Waals surface area contributed by atoms with Crippen LogP contribution in [0.4, 0.5) is 0 Å². The van der Waals surface area contributed by atoms with Gasteiger partial charge in [-0.15, -0.1) is 0 Å². The van der Waals surface area contributed by atoms with Crippen LogP contribution >= 0.6 is 0 Å². The fourth-order valence-corrected chi connectivity index (χ4v) is 2.15. The van der Waals surface area contributed by atoms with Crippen molar-refractivity contribution < 1.29 is 0 Å². The van der Waals surface area contributed by atoms with Crippen molar-refractivity contribution in [1.29, 1.82) is 5.41 Å². The van der Waals surface area contributed by atoms with Crippen LogP contribution in [0.5, 0.6) is 0 Å². The third-order valence-electron chi connectivity index (χ3n) is 4.11. The van der Waals surface area contributed by atoms with Gasteiger partial charge in [-0.1, -0.05) is 13.8 Å². The zero-order chi connectivity index (χ0) is 14.5. The fraction of sp³-hybridized carbons (Fsp3) is 0.929. The van der Waals surface area contributed by atoms with Crippen LogP contribution in [0.3, 0.4) is 0 Å². The van der Waals surface area contributed by atoms with Crippen molar-refractivity contribution in [3.05, 3.63) is 0 Å². The molecule has 1 rings (SSSR count). The molecule has 0 spiro atoms. The average molecular weight is 269 g/mol. The second kappa shape index (κ2) is 7.22. The third kappa shape index (κ3) is 5.89. The van der Waals surface area contributed by atoms with Crippen molar-refractivity contribution in [3.8, 4) is 0 Å². The van der Waals surface area contributed by atoms with Crippen LogP contribution < -0.4 is 5.73 Å². The van der Waals surface area contributed by atoms with Gasteiger partial charge in [-0.3, -0.25) is 10.3 Å². The number of nitrogens with zero attached hydrogens (tertiary/aromatic N) is 3. The molecule has 0 atom stereocenters. The molecular weight excluding hydrogens is 238 g/mol. The first-order valence-electron chi connectivity index (χ1n) is 7.25. The van der Waals surface area contributed by atoms with Gasteiger partial charge in [0.05, 0.1) is 5.84 Å². The number of hydrogen-bond donors (Lipinski definition) is 2. The maximum absolute atomic E-state index is 7.59. The predicted octanol–water partition coefficient (Wildman–Crippen LogP) is 0.518. The molecule has 0 aromatic heterocycles. The lowest BCUT2D eigenvalue weighted by Crippen LogP contribution is -2.49. The topological polar surface area (TPSA) is 59.6 Å². The molecule has 1 aliphatic rings. The van der Waals surface area contributed by atoms with Gasteiger partial charge >= 0.3 is 0 Å². The second-order valence-corrected chi connectivity index (χ2v) is 6.53. The van der Waals surface area contributed by atoms with Crippen molar-refractivity contribution in [2.75, 3.05) is 59.9 Å². The maximum atomic E-state index is 7.59. The first kappa shape index (κ1) is 16.4. The number of likely N-dealkylation sites (N-methyl/N-ethyl adjacent to an activating group) is 1. The summed E-state index contributed by atoms with van der Waals surface area (Å²) in [6.45, 7) is 12.1. The second-order valence-electron chi connectivity index (χ2n) is 6.53. The van der Waals surface area contributed by atoms with E-state index in [1.807, 2.05) is 0 Å². The molecule has 0 bridgehead atoms. The number of amidine groups is 1. The Hall–Kier alpha value is -0.650. The first-order chi connectivity index (χ1) is 8.81. The highest BCUT2D eigenvalue weighted by Crippen LogP contribution is 2.20. The molecule has 5 heteroatoms. The minimum absolute atomic E-state index is 0.165. The van der Waals surface area contributed by atoms with E-state index in [4.69, 9.17) is 11.1 Å². The molecule has 0 unspecified atom stereocenters. The Labute approximate surface area is 118 Å². The molecule has 0 amide bonds. The van der Waals surface area contributed by atoms with E-state index in [1.165, 1.54) is 6.54 Å². The zero-order valence-electron chi connectivity index (χ0n) is 13.1. The van der Waals surface area contributed by atoms with E-state index in [2.05, 4.69) is 42.6 Å². The molecule has 112 valence electrons. The number of hydrogen-bond acceptors (Lipinski definition) is 4. The summed E-state index contributed by atoms with van der Waals surface area (Å²) in [5.41, 5.74) is 5.46. The van der Waals surface area contributed by atoms with E-state index in [1.54, 1.807) is 0 Å². The number of piperazine rings is 1. The van der Waals surface area contributed by atoms with Crippen molar-refractivity contribution in [2.24, 2.45) is 11.1 Å². The SMILES string of the molecule is CN(C)CCN1CCN(CCC(C)(C)C(=N)N)CC1. The highest BCUT2D eigenvalue weighted by atomic mass is 15.3. The number of nitrogens with two attached hydrogens (primary N) is 1. The van der Waals surface area contributed by atoms with Gasteiger partial charge < -0.3 is 15.5 Å². The predicted molar refractivity (Wildman–Crippen MR) is 81.7 cm³/mol. The lowest BCUT2D eigenvalue weighted by molar-refractivity contribution is 0.119. The van der Waals surface area contributed by atoms with E-state index < -0.39 is 0 Å². The molecule has 5 nitrogen and oxygen atoms in total. The van der Waals surface area contributed by atoms with Gasteiger partial charge in [0.2, 0.25) is 0 Å². The molecule has 0 aromatic carbocycles. The van der Waals surface area contributed by atoms with Crippen LogP contribution in [0.15, 0.2) is 0 Å². The largest absolute Gasteiger partial charge is 0.387 e. The smallest absolute Gasteiger partial charge is 0.0963 e. The summed E-state index contributed by atoms with van der Waals surface area (Å²) in [7, 11) is 4.25. The molecule has 1 heterocycles. The molecule has 19 heavy (non-hydrogen) atoms. The Kier molecular flexibility index (Phi) is 6.23. The lowest BCUT2D eigenvalue weighted by atomic mass is 9.88. The Morgan fingerprint density at radius 2 is 1.58 bits per heavy atom. The summed E-state index contributed by atoms with van der Waals surface area (Å²) >= 11 is 0. The maximum Gasteiger partial charge on any atom is 0.0963 e. The molecule has 1 fully saturated rings. The van der Waals surface area contributed by atoms with E-state index in [0.717, 1.165) is 45.7 Å². The highest BCUT2D eigenvalue weighted by Gasteiger charge is 2.24. The summed E-state index contributed by atoms with van der Waals surface area (Å²) in [6, 6.07) is 0. The van der Waals surface area contributed by atoms with Crippen LogP contribution in [0.1, 0.15) is 20.3 Å². The highest BCUT2D eigenvalue weighted by molar-refractivity contribution is 5.82. The van der Waals surface area contributed by atoms with Crippen LogP contribution in [-0.4, -0.2) is 80.4 Å². The Balaban J connectivity index is 2.22. The fourth-order valence-electron chi connectivity index (χ4n) is 2.15. The monoisotopic (exact) mass is 269 g/mol. The summed E-state index contributed by atoms with van der Waals surface area (Å²) in [5, 5.41) is 7.59. The Morgan fingerprint density at radius 3 is 2.00 bits per heavy atom. The number of nitrogens with one attached hydrogen (secondary N) is 1. The summed E-state index contributed by atoms with van der Waals surface area (Å²) in [6.07, 6.45) is 0.972. The van der Waals surface area contributed by atoms with E-state index in [-0.39, 0.29) is 5.41 Å². The Morgan fingerprint density at radius 1 is 1.11 bits per heavy atom. The third-order valence-corrected chi connectivity index (χ3v) is 4.11. The lowest BCUT2D eigenvalue weighted by Gasteiger charge is -2.36. The normalized spacial score (nSPS) is 19.0. The van der Waals surface area contributed by atoms with Crippen LogP contribution in [-0.2, 0) is 0 Å². The zero-order valence-corrected chi connectivity index (χ0v) is 13.1. The minimum atomic E-state index is -0.165. The molecule has 0 aliphatic carbocycles. The van der Waals surface area contributed by atoms with E-state index in [9.17, 15) is 0 Å².